The largest absolute Gasteiger partial charge is 0.370 e. The number of Topliss-reactive ketones (excluding diaryl/α,β-unsaturated/α-hetero) is 1. The highest BCUT2D eigenvalue weighted by molar-refractivity contribution is 5.95. The average molecular weight is 335 g/mol. The minimum absolute atomic E-state index is 0.00887. The van der Waals surface area contributed by atoms with E-state index in [0.29, 0.717) is 17.2 Å². The van der Waals surface area contributed by atoms with E-state index in [1.807, 2.05) is 43.3 Å². The Morgan fingerprint density at radius 1 is 1.20 bits per heavy atom. The summed E-state index contributed by atoms with van der Waals surface area (Å²) in [6.07, 6.45) is 2.58. The van der Waals surface area contributed by atoms with E-state index >= 15 is 0 Å². The third kappa shape index (κ3) is 3.57. The molecule has 1 aromatic carbocycles. The second-order valence-electron chi connectivity index (χ2n) is 5.84. The van der Waals surface area contributed by atoms with Crippen molar-refractivity contribution in [1.82, 2.24) is 19.7 Å². The van der Waals surface area contributed by atoms with Crippen LogP contribution in [0, 0.1) is 6.92 Å². The lowest BCUT2D eigenvalue weighted by molar-refractivity contribution is 0.101. The molecule has 0 saturated carbocycles. The fraction of sp³-hybridized carbons (Fsp3) is 0.263. The number of anilines is 1. The van der Waals surface area contributed by atoms with Gasteiger partial charge in [-0.25, -0.2) is 14.6 Å². The van der Waals surface area contributed by atoms with Gasteiger partial charge in [-0.2, -0.15) is 5.10 Å². The van der Waals surface area contributed by atoms with Crippen molar-refractivity contribution in [3.8, 4) is 17.2 Å². The topological polar surface area (TPSA) is 72.7 Å². The average Bonchev–Trinajstić information content (AvgIpc) is 3.02. The molecule has 0 aliphatic heterocycles. The molecule has 0 atom stereocenters. The second-order valence-corrected chi connectivity index (χ2v) is 5.84. The molecule has 0 aliphatic rings. The molecule has 2 aromatic heterocycles. The lowest BCUT2D eigenvalue weighted by Gasteiger charge is -2.11. The van der Waals surface area contributed by atoms with E-state index in [4.69, 9.17) is 0 Å². The van der Waals surface area contributed by atoms with Crippen molar-refractivity contribution in [3.63, 3.8) is 0 Å². The summed E-state index contributed by atoms with van der Waals surface area (Å²) < 4.78 is 1.68. The fourth-order valence-corrected chi connectivity index (χ4v) is 2.59. The van der Waals surface area contributed by atoms with E-state index in [0.717, 1.165) is 30.0 Å². The van der Waals surface area contributed by atoms with Crippen molar-refractivity contribution in [3.05, 3.63) is 53.9 Å². The zero-order chi connectivity index (χ0) is 17.8. The van der Waals surface area contributed by atoms with Crippen molar-refractivity contribution in [1.29, 1.82) is 0 Å². The first-order valence-electron chi connectivity index (χ1n) is 8.34. The van der Waals surface area contributed by atoms with E-state index in [9.17, 15) is 4.79 Å². The number of carbonyl (C=O) groups excluding carboxylic acids is 1. The van der Waals surface area contributed by atoms with Crippen molar-refractivity contribution >= 4 is 11.6 Å². The summed E-state index contributed by atoms with van der Waals surface area (Å²) >= 11 is 0. The number of carbonyl (C=O) groups is 1. The van der Waals surface area contributed by atoms with Gasteiger partial charge in [-0.05, 0) is 20.3 Å². The van der Waals surface area contributed by atoms with Gasteiger partial charge in [0, 0.05) is 18.2 Å². The first-order chi connectivity index (χ1) is 12.1. The predicted molar refractivity (Wildman–Crippen MR) is 98.1 cm³/mol. The second kappa shape index (κ2) is 7.25. The van der Waals surface area contributed by atoms with Gasteiger partial charge in [0.25, 0.3) is 0 Å². The predicted octanol–water partition coefficient (Wildman–Crippen LogP) is 3.66. The Morgan fingerprint density at radius 3 is 2.60 bits per heavy atom. The molecule has 0 amide bonds. The quantitative estimate of drug-likeness (QED) is 0.696. The highest BCUT2D eigenvalue weighted by Gasteiger charge is 2.15. The van der Waals surface area contributed by atoms with Gasteiger partial charge in [-0.3, -0.25) is 4.79 Å². The maximum absolute atomic E-state index is 11.7. The molecule has 1 N–H and O–H groups in total. The maximum atomic E-state index is 11.7. The first kappa shape index (κ1) is 16.8. The molecule has 128 valence electrons. The smallest absolute Gasteiger partial charge is 0.163 e. The summed E-state index contributed by atoms with van der Waals surface area (Å²) in [6, 6.07) is 11.7. The molecule has 6 heteroatoms. The molecule has 0 radical (unpaired) electrons. The molecule has 0 saturated heterocycles. The number of rotatable bonds is 6. The first-order valence-corrected chi connectivity index (χ1v) is 8.34. The van der Waals surface area contributed by atoms with Gasteiger partial charge in [0.15, 0.2) is 17.4 Å². The zero-order valence-corrected chi connectivity index (χ0v) is 14.7. The Balaban J connectivity index is 2.11. The van der Waals surface area contributed by atoms with Crippen LogP contribution in [0.1, 0.15) is 36.3 Å². The minimum atomic E-state index is -0.00887. The number of benzene rings is 1. The van der Waals surface area contributed by atoms with E-state index in [2.05, 4.69) is 27.3 Å². The summed E-state index contributed by atoms with van der Waals surface area (Å²) in [5.41, 5.74) is 2.30. The van der Waals surface area contributed by atoms with E-state index < -0.39 is 0 Å². The SMILES string of the molecule is CCCNc1cc(-n2ncc(C(C)=O)c2C)nc(-c2ccccc2)n1. The molecule has 0 bridgehead atoms. The van der Waals surface area contributed by atoms with Crippen LogP contribution in [0.3, 0.4) is 0 Å². The van der Waals surface area contributed by atoms with Crippen molar-refractivity contribution in [2.24, 2.45) is 0 Å². The van der Waals surface area contributed by atoms with Gasteiger partial charge in [0.05, 0.1) is 17.5 Å². The molecule has 0 unspecified atom stereocenters. The van der Waals surface area contributed by atoms with Crippen LogP contribution in [0.2, 0.25) is 0 Å². The van der Waals surface area contributed by atoms with Crippen LogP contribution < -0.4 is 5.32 Å². The normalized spacial score (nSPS) is 10.7. The lowest BCUT2D eigenvalue weighted by Crippen LogP contribution is -2.09. The van der Waals surface area contributed by atoms with Crippen LogP contribution in [0.4, 0.5) is 5.82 Å². The Kier molecular flexibility index (Phi) is 4.88. The molecular weight excluding hydrogens is 314 g/mol. The van der Waals surface area contributed by atoms with Crippen LogP contribution in [-0.2, 0) is 0 Å². The number of nitrogens with one attached hydrogen (secondary N) is 1. The minimum Gasteiger partial charge on any atom is -0.370 e. The maximum Gasteiger partial charge on any atom is 0.163 e. The summed E-state index contributed by atoms with van der Waals surface area (Å²) in [4.78, 5) is 21.0. The standard InChI is InChI=1S/C19H21N5O/c1-4-10-20-17-11-18(24-13(2)16(12-21-24)14(3)25)23-19(22-17)15-8-6-5-7-9-15/h5-9,11-12H,4,10H2,1-3H3,(H,20,22,23). The number of ketones is 1. The van der Waals surface area contributed by atoms with Crippen LogP contribution >= 0.6 is 0 Å². The number of hydrogen-bond donors (Lipinski definition) is 1. The van der Waals surface area contributed by atoms with Gasteiger partial charge in [0.1, 0.15) is 5.82 Å². The molecular formula is C19H21N5O. The molecule has 2 heterocycles. The van der Waals surface area contributed by atoms with Crippen LogP contribution in [0.5, 0.6) is 0 Å². The van der Waals surface area contributed by atoms with Crippen molar-refractivity contribution in [2.75, 3.05) is 11.9 Å². The van der Waals surface area contributed by atoms with Crippen molar-refractivity contribution < 1.29 is 4.79 Å². The number of aromatic nitrogens is 4. The van der Waals surface area contributed by atoms with Crippen molar-refractivity contribution in [2.45, 2.75) is 27.2 Å². The van der Waals surface area contributed by atoms with Gasteiger partial charge in [-0.1, -0.05) is 37.3 Å². The number of hydrogen-bond acceptors (Lipinski definition) is 5. The molecule has 3 rings (SSSR count). The zero-order valence-electron chi connectivity index (χ0n) is 14.7. The molecule has 3 aromatic rings. The van der Waals surface area contributed by atoms with Gasteiger partial charge >= 0.3 is 0 Å². The lowest BCUT2D eigenvalue weighted by atomic mass is 10.2. The third-order valence-corrected chi connectivity index (χ3v) is 3.91. The fourth-order valence-electron chi connectivity index (χ4n) is 2.59. The Labute approximate surface area is 146 Å². The summed E-state index contributed by atoms with van der Waals surface area (Å²) in [7, 11) is 0. The Bertz CT molecular complexity index is 886. The monoisotopic (exact) mass is 335 g/mol. The summed E-state index contributed by atoms with van der Waals surface area (Å²) in [5.74, 6) is 1.99. The van der Waals surface area contributed by atoms with Gasteiger partial charge in [-0.15, -0.1) is 0 Å². The molecule has 6 nitrogen and oxygen atoms in total. The van der Waals surface area contributed by atoms with Crippen LogP contribution in [0.15, 0.2) is 42.6 Å². The van der Waals surface area contributed by atoms with E-state index in [1.54, 1.807) is 10.9 Å². The highest BCUT2D eigenvalue weighted by Crippen LogP contribution is 2.21. The molecule has 0 spiro atoms. The van der Waals surface area contributed by atoms with Gasteiger partial charge in [0.2, 0.25) is 0 Å². The van der Waals surface area contributed by atoms with Gasteiger partial charge < -0.3 is 5.32 Å². The summed E-state index contributed by atoms with van der Waals surface area (Å²) in [5, 5.41) is 7.65. The number of nitrogens with zero attached hydrogens (tertiary/aromatic N) is 4. The van der Waals surface area contributed by atoms with E-state index in [-0.39, 0.29) is 5.78 Å². The highest BCUT2D eigenvalue weighted by atomic mass is 16.1. The van der Waals surface area contributed by atoms with Crippen LogP contribution in [0.25, 0.3) is 17.2 Å². The molecule has 25 heavy (non-hydrogen) atoms. The Morgan fingerprint density at radius 2 is 1.96 bits per heavy atom. The molecule has 0 fully saturated rings. The molecule has 0 aliphatic carbocycles. The van der Waals surface area contributed by atoms with E-state index in [1.165, 1.54) is 6.92 Å². The summed E-state index contributed by atoms with van der Waals surface area (Å²) in [6.45, 7) is 6.33. The Hall–Kier alpha value is -3.02. The third-order valence-electron chi connectivity index (χ3n) is 3.91. The van der Waals surface area contributed by atoms with Crippen LogP contribution in [-0.4, -0.2) is 32.1 Å².